The Morgan fingerprint density at radius 3 is 1.59 bits per heavy atom. The van der Waals surface area contributed by atoms with Crippen LogP contribution >= 0.6 is 24.3 Å². The van der Waals surface area contributed by atoms with Crippen molar-refractivity contribution < 1.29 is 34.5 Å². The van der Waals surface area contributed by atoms with Gasteiger partial charge >= 0.3 is 185 Å². The molecule has 0 bridgehead atoms. The van der Waals surface area contributed by atoms with E-state index in [1.807, 2.05) is 24.3 Å². The number of hydrogen-bond acceptors (Lipinski definition) is 4. The van der Waals surface area contributed by atoms with E-state index < -0.39 is 21.1 Å². The Morgan fingerprint density at radius 1 is 0.724 bits per heavy atom. The van der Waals surface area contributed by atoms with Gasteiger partial charge in [0.2, 0.25) is 0 Å². The molecule has 4 rings (SSSR count). The van der Waals surface area contributed by atoms with E-state index in [-0.39, 0.29) is 24.3 Å². The van der Waals surface area contributed by atoms with Crippen molar-refractivity contribution in [1.29, 1.82) is 0 Å². The van der Waals surface area contributed by atoms with Crippen LogP contribution in [0.25, 0.3) is 0 Å². The molecule has 0 unspecified atom stereocenters. The van der Waals surface area contributed by atoms with E-state index in [0.717, 1.165) is 19.4 Å². The van der Waals surface area contributed by atoms with Crippen molar-refractivity contribution in [3.8, 4) is 11.5 Å². The number of allylic oxidation sites excluding steroid dienone is 8. The molecule has 0 fully saturated rings. The molecule has 0 heterocycles. The van der Waals surface area contributed by atoms with Gasteiger partial charge in [0, 0.05) is 0 Å². The molecule has 0 aliphatic heterocycles. The molecule has 0 saturated carbocycles. The van der Waals surface area contributed by atoms with E-state index in [1.54, 1.807) is 36.4 Å². The minimum atomic E-state index is -4.14. The molecule has 0 spiro atoms. The summed E-state index contributed by atoms with van der Waals surface area (Å²) in [5.74, 6) is 1.17. The summed E-state index contributed by atoms with van der Waals surface area (Å²) >= 11 is -3.76. The van der Waals surface area contributed by atoms with E-state index in [0.29, 0.717) is 21.3 Å². The molecule has 2 aliphatic rings. The van der Waals surface area contributed by atoms with E-state index >= 15 is 0 Å². The third-order valence-electron chi connectivity index (χ3n) is 4.70. The van der Waals surface area contributed by atoms with Crippen molar-refractivity contribution in [2.75, 3.05) is 0 Å². The van der Waals surface area contributed by atoms with Gasteiger partial charge in [-0.05, 0) is 0 Å². The number of hydrogen-bond donors (Lipinski definition) is 0. The summed E-state index contributed by atoms with van der Waals surface area (Å²) in [6, 6.07) is 14.0. The molecule has 2 nitrogen and oxygen atoms in total. The molecule has 2 aromatic rings. The Hall–Kier alpha value is -1.56. The van der Waals surface area contributed by atoms with Gasteiger partial charge in [-0.2, -0.15) is 0 Å². The zero-order valence-corrected chi connectivity index (χ0v) is 19.5. The van der Waals surface area contributed by atoms with Crippen LogP contribution in [0.1, 0.15) is 12.8 Å². The van der Waals surface area contributed by atoms with Gasteiger partial charge in [-0.25, -0.2) is 0 Å². The standard InChI is InChI=1S/2C6H5FOS.2C5H5.Zr/c2*7-9-6-3-1-2-5(8)4-6;2*1-2-4-5-3-1;/h2*1-4,8H;2*1-3H,4H2;/q;;;;+2/p-2. The normalized spacial score (nSPS) is 15.4. The van der Waals surface area contributed by atoms with Gasteiger partial charge in [-0.3, -0.25) is 0 Å². The molecular weight excluding hydrogens is 490 g/mol. The molecule has 29 heavy (non-hydrogen) atoms. The molecule has 0 radical (unpaired) electrons. The van der Waals surface area contributed by atoms with Crippen molar-refractivity contribution in [2.45, 2.75) is 22.6 Å². The molecule has 0 aromatic heterocycles. The molecule has 148 valence electrons. The number of halogens is 2. The SMILES string of the molecule is FSc1cccc([O][Zr]([O]c2cccc(SF)c2)([C]2=CC=CC2)[C]2=CC=CC2)c1. The van der Waals surface area contributed by atoms with Crippen molar-refractivity contribution in [2.24, 2.45) is 0 Å². The maximum atomic E-state index is 13.1. The maximum absolute atomic E-state index is 13.1. The van der Waals surface area contributed by atoms with Crippen molar-refractivity contribution in [1.82, 2.24) is 0 Å². The van der Waals surface area contributed by atoms with Crippen LogP contribution in [0.5, 0.6) is 11.5 Å². The second kappa shape index (κ2) is 9.50. The van der Waals surface area contributed by atoms with Gasteiger partial charge in [0.05, 0.1) is 0 Å². The number of benzene rings is 2. The minimum absolute atomic E-state index is 0.187. The predicted molar refractivity (Wildman–Crippen MR) is 112 cm³/mol. The molecule has 7 heteroatoms. The van der Waals surface area contributed by atoms with Gasteiger partial charge < -0.3 is 0 Å². The van der Waals surface area contributed by atoms with Crippen LogP contribution in [0.3, 0.4) is 0 Å². The van der Waals surface area contributed by atoms with Crippen LogP contribution in [0, 0.1) is 0 Å². The second-order valence-corrected chi connectivity index (χ2v) is 15.0. The fourth-order valence-corrected chi connectivity index (χ4v) is 12.1. The summed E-state index contributed by atoms with van der Waals surface area (Å²) in [4.78, 5) is 0.964. The first-order valence-electron chi connectivity index (χ1n) is 9.11. The third kappa shape index (κ3) is 4.63. The summed E-state index contributed by atoms with van der Waals surface area (Å²) in [5.41, 5.74) is 0. The molecule has 0 amide bonds. The van der Waals surface area contributed by atoms with Gasteiger partial charge in [0.15, 0.2) is 0 Å². The summed E-state index contributed by atoms with van der Waals surface area (Å²) < 4.78 is 41.9. The van der Waals surface area contributed by atoms with E-state index in [1.165, 1.54) is 0 Å². The topological polar surface area (TPSA) is 18.5 Å². The first-order chi connectivity index (χ1) is 14.2. The van der Waals surface area contributed by atoms with Crippen molar-refractivity contribution >= 4 is 24.3 Å². The first kappa shape index (κ1) is 20.7. The Morgan fingerprint density at radius 2 is 1.21 bits per heavy atom. The van der Waals surface area contributed by atoms with Crippen LogP contribution in [0.2, 0.25) is 0 Å². The number of rotatable bonds is 8. The fourth-order valence-electron chi connectivity index (χ4n) is 3.38. The Kier molecular flexibility index (Phi) is 6.78. The molecule has 0 saturated heterocycles. The summed E-state index contributed by atoms with van der Waals surface area (Å²) in [5, 5.41) is 0. The molecule has 0 atom stereocenters. The van der Waals surface area contributed by atoms with Crippen molar-refractivity contribution in [3.63, 3.8) is 0 Å². The van der Waals surface area contributed by atoms with Crippen LogP contribution in [-0.2, 0) is 21.1 Å². The Balaban J connectivity index is 1.79. The molecule has 2 aliphatic carbocycles. The summed E-state index contributed by atoms with van der Waals surface area (Å²) in [6.45, 7) is 0. The van der Waals surface area contributed by atoms with Crippen LogP contribution in [0.15, 0.2) is 101 Å². The zero-order valence-electron chi connectivity index (χ0n) is 15.4. The summed E-state index contributed by atoms with van der Waals surface area (Å²) in [6.07, 6.45) is 13.8. The Bertz CT molecular complexity index is 936. The average Bonchev–Trinajstić information content (AvgIpc) is 3.48. The van der Waals surface area contributed by atoms with Gasteiger partial charge in [-0.1, -0.05) is 0 Å². The molecule has 0 N–H and O–H groups in total. The quantitative estimate of drug-likeness (QED) is 0.363. The van der Waals surface area contributed by atoms with Crippen LogP contribution in [0.4, 0.5) is 7.77 Å². The predicted octanol–water partition coefficient (Wildman–Crippen LogP) is 7.77. The van der Waals surface area contributed by atoms with E-state index in [9.17, 15) is 7.77 Å². The summed E-state index contributed by atoms with van der Waals surface area (Å²) in [7, 11) is 0. The second-order valence-electron chi connectivity index (χ2n) is 6.57. The van der Waals surface area contributed by atoms with Gasteiger partial charge in [-0.15, -0.1) is 0 Å². The van der Waals surface area contributed by atoms with Crippen LogP contribution < -0.4 is 5.63 Å². The van der Waals surface area contributed by atoms with Crippen LogP contribution in [-0.4, -0.2) is 0 Å². The van der Waals surface area contributed by atoms with E-state index in [4.69, 9.17) is 5.63 Å². The van der Waals surface area contributed by atoms with Crippen molar-refractivity contribution in [3.05, 3.63) is 91.5 Å². The molecular formula is C22H18F2O2S2Zr. The van der Waals surface area contributed by atoms with E-state index in [2.05, 4.69) is 24.3 Å². The van der Waals surface area contributed by atoms with Gasteiger partial charge in [0.25, 0.3) is 0 Å². The first-order valence-corrected chi connectivity index (χ1v) is 15.0. The average molecular weight is 508 g/mol. The third-order valence-corrected chi connectivity index (χ3v) is 14.1. The zero-order chi connectivity index (χ0) is 20.1. The Labute approximate surface area is 183 Å². The van der Waals surface area contributed by atoms with Gasteiger partial charge in [0.1, 0.15) is 0 Å². The molecule has 2 aromatic carbocycles. The monoisotopic (exact) mass is 506 g/mol. The fraction of sp³-hybridized carbons (Fsp3) is 0.0909.